The Morgan fingerprint density at radius 2 is 1.82 bits per heavy atom. The van der Waals surface area contributed by atoms with Gasteiger partial charge in [-0.2, -0.15) is 4.31 Å². The lowest BCUT2D eigenvalue weighted by molar-refractivity contribution is 0.324. The first-order valence-corrected chi connectivity index (χ1v) is 8.69. The van der Waals surface area contributed by atoms with Gasteiger partial charge in [0.15, 0.2) is 0 Å². The number of unbranched alkanes of at least 4 members (excludes halogenated alkanes) is 2. The van der Waals surface area contributed by atoms with E-state index in [4.69, 9.17) is 11.6 Å². The summed E-state index contributed by atoms with van der Waals surface area (Å²) in [7, 11) is -3.10. The fourth-order valence-corrected chi connectivity index (χ4v) is 3.74. The fraction of sp³-hybridized carbons (Fsp3) is 1.00. The van der Waals surface area contributed by atoms with Crippen LogP contribution in [0, 0.1) is 0 Å². The third kappa shape index (κ3) is 6.63. The molecule has 3 nitrogen and oxygen atoms in total. The molecule has 0 aliphatic rings. The predicted octanol–water partition coefficient (Wildman–Crippen LogP) is 3.24. The Kier molecular flexibility index (Phi) is 9.28. The van der Waals surface area contributed by atoms with Gasteiger partial charge in [-0.3, -0.25) is 0 Å². The van der Waals surface area contributed by atoms with Crippen LogP contribution in [-0.2, 0) is 10.0 Å². The van der Waals surface area contributed by atoms with Crippen molar-refractivity contribution in [1.29, 1.82) is 0 Å². The summed E-state index contributed by atoms with van der Waals surface area (Å²) < 4.78 is 26.1. The van der Waals surface area contributed by atoms with E-state index in [-0.39, 0.29) is 11.8 Å². The molecule has 0 aromatic rings. The molecule has 104 valence electrons. The van der Waals surface area contributed by atoms with Crippen LogP contribution in [0.5, 0.6) is 0 Å². The van der Waals surface area contributed by atoms with E-state index in [1.54, 1.807) is 4.31 Å². The van der Waals surface area contributed by atoms with E-state index in [9.17, 15) is 8.42 Å². The lowest BCUT2D eigenvalue weighted by atomic mass is 10.2. The molecule has 0 aliphatic heterocycles. The second-order valence-electron chi connectivity index (χ2n) is 4.43. The highest BCUT2D eigenvalue weighted by atomic mass is 35.5. The van der Waals surface area contributed by atoms with Gasteiger partial charge in [0.2, 0.25) is 10.0 Å². The highest BCUT2D eigenvalue weighted by Gasteiger charge is 2.24. The van der Waals surface area contributed by atoms with E-state index < -0.39 is 10.0 Å². The summed E-state index contributed by atoms with van der Waals surface area (Å²) in [6.45, 7) is 6.73. The number of sulfonamides is 1. The zero-order chi connectivity index (χ0) is 13.3. The Morgan fingerprint density at radius 3 is 2.29 bits per heavy atom. The van der Waals surface area contributed by atoms with Crippen molar-refractivity contribution in [3.63, 3.8) is 0 Å². The molecule has 0 amide bonds. The lowest BCUT2D eigenvalue weighted by Gasteiger charge is -2.27. The predicted molar refractivity (Wildman–Crippen MR) is 75.1 cm³/mol. The van der Waals surface area contributed by atoms with Crippen LogP contribution in [-0.4, -0.2) is 36.9 Å². The van der Waals surface area contributed by atoms with Crippen molar-refractivity contribution in [1.82, 2.24) is 4.31 Å². The van der Waals surface area contributed by atoms with Crippen LogP contribution < -0.4 is 0 Å². The molecule has 0 radical (unpaired) electrons. The minimum absolute atomic E-state index is 0.0996. The van der Waals surface area contributed by atoms with E-state index in [2.05, 4.69) is 6.92 Å². The molecule has 1 atom stereocenters. The Labute approximate surface area is 112 Å². The molecule has 0 fully saturated rings. The third-order valence-corrected chi connectivity index (χ3v) is 5.29. The van der Waals surface area contributed by atoms with E-state index in [1.165, 1.54) is 0 Å². The van der Waals surface area contributed by atoms with Crippen LogP contribution in [0.15, 0.2) is 0 Å². The Hall–Kier alpha value is 0.200. The summed E-state index contributed by atoms with van der Waals surface area (Å²) >= 11 is 5.57. The summed E-state index contributed by atoms with van der Waals surface area (Å²) in [5.74, 6) is 0.765. The monoisotopic (exact) mass is 283 g/mol. The molecule has 0 aromatic carbocycles. The average molecular weight is 284 g/mol. The topological polar surface area (TPSA) is 37.4 Å². The zero-order valence-electron chi connectivity index (χ0n) is 11.3. The molecule has 1 unspecified atom stereocenters. The zero-order valence-corrected chi connectivity index (χ0v) is 12.9. The van der Waals surface area contributed by atoms with Crippen molar-refractivity contribution in [2.45, 2.75) is 58.9 Å². The normalized spacial score (nSPS) is 14.2. The van der Waals surface area contributed by atoms with Gasteiger partial charge in [0.1, 0.15) is 0 Å². The Bertz CT molecular complexity index is 280. The molecule has 0 rings (SSSR count). The Balaban J connectivity index is 4.53. The second-order valence-corrected chi connectivity index (χ2v) is 6.85. The van der Waals surface area contributed by atoms with Gasteiger partial charge in [0, 0.05) is 18.5 Å². The molecular formula is C12H26ClNO2S. The highest BCUT2D eigenvalue weighted by Crippen LogP contribution is 2.14. The standard InChI is InChI=1S/C12H26ClNO2S/c1-4-6-10-14(12(3)5-2)17(15,16)11-8-7-9-13/h12H,4-11H2,1-3H3. The molecule has 0 aromatic heterocycles. The smallest absolute Gasteiger partial charge is 0.212 e. The van der Waals surface area contributed by atoms with Crippen LogP contribution in [0.3, 0.4) is 0 Å². The van der Waals surface area contributed by atoms with Crippen LogP contribution in [0.2, 0.25) is 0 Å². The van der Waals surface area contributed by atoms with Gasteiger partial charge in [-0.25, -0.2) is 8.42 Å². The van der Waals surface area contributed by atoms with Crippen LogP contribution >= 0.6 is 11.6 Å². The van der Waals surface area contributed by atoms with Gasteiger partial charge in [0.25, 0.3) is 0 Å². The van der Waals surface area contributed by atoms with Gasteiger partial charge in [-0.1, -0.05) is 20.3 Å². The molecule has 0 bridgehead atoms. The average Bonchev–Trinajstić information content (AvgIpc) is 2.29. The van der Waals surface area contributed by atoms with E-state index in [1.807, 2.05) is 13.8 Å². The molecule has 0 heterocycles. The molecule has 0 N–H and O–H groups in total. The molecular weight excluding hydrogens is 258 g/mol. The van der Waals surface area contributed by atoms with Crippen molar-refractivity contribution in [3.8, 4) is 0 Å². The summed E-state index contributed by atoms with van der Waals surface area (Å²) in [5, 5.41) is 0. The molecule has 0 saturated carbocycles. The number of hydrogen-bond acceptors (Lipinski definition) is 2. The van der Waals surface area contributed by atoms with Gasteiger partial charge in [-0.15, -0.1) is 11.6 Å². The van der Waals surface area contributed by atoms with Crippen LogP contribution in [0.25, 0.3) is 0 Å². The maximum Gasteiger partial charge on any atom is 0.214 e. The largest absolute Gasteiger partial charge is 0.214 e. The number of nitrogens with zero attached hydrogens (tertiary/aromatic N) is 1. The van der Waals surface area contributed by atoms with Crippen molar-refractivity contribution in [2.24, 2.45) is 0 Å². The fourth-order valence-electron chi connectivity index (χ4n) is 1.65. The third-order valence-electron chi connectivity index (χ3n) is 2.96. The van der Waals surface area contributed by atoms with Gasteiger partial charge in [-0.05, 0) is 32.6 Å². The Morgan fingerprint density at radius 1 is 1.18 bits per heavy atom. The quantitative estimate of drug-likeness (QED) is 0.456. The van der Waals surface area contributed by atoms with Gasteiger partial charge >= 0.3 is 0 Å². The summed E-state index contributed by atoms with van der Waals surface area (Å²) in [5.41, 5.74) is 0. The van der Waals surface area contributed by atoms with Crippen LogP contribution in [0.4, 0.5) is 0 Å². The van der Waals surface area contributed by atoms with E-state index in [0.29, 0.717) is 18.8 Å². The van der Waals surface area contributed by atoms with E-state index in [0.717, 1.165) is 25.7 Å². The summed E-state index contributed by atoms with van der Waals surface area (Å²) in [6.07, 6.45) is 4.23. The minimum atomic E-state index is -3.10. The van der Waals surface area contributed by atoms with Crippen molar-refractivity contribution >= 4 is 21.6 Å². The summed E-state index contributed by atoms with van der Waals surface area (Å²) in [4.78, 5) is 0. The number of hydrogen-bond donors (Lipinski definition) is 0. The number of alkyl halides is 1. The van der Waals surface area contributed by atoms with Crippen molar-refractivity contribution in [2.75, 3.05) is 18.2 Å². The molecule has 0 aliphatic carbocycles. The van der Waals surface area contributed by atoms with Crippen LogP contribution in [0.1, 0.15) is 52.9 Å². The van der Waals surface area contributed by atoms with Crippen molar-refractivity contribution < 1.29 is 8.42 Å². The first-order valence-electron chi connectivity index (χ1n) is 6.55. The molecule has 0 spiro atoms. The summed E-state index contributed by atoms with van der Waals surface area (Å²) in [6, 6.07) is 0.0996. The lowest BCUT2D eigenvalue weighted by Crippen LogP contribution is -2.40. The maximum absolute atomic E-state index is 12.2. The number of rotatable bonds is 10. The molecule has 0 saturated heterocycles. The first kappa shape index (κ1) is 17.2. The second kappa shape index (κ2) is 9.17. The SMILES string of the molecule is CCCCN(C(C)CC)S(=O)(=O)CCCCCl. The maximum atomic E-state index is 12.2. The van der Waals surface area contributed by atoms with Gasteiger partial charge < -0.3 is 0 Å². The van der Waals surface area contributed by atoms with Gasteiger partial charge in [0.05, 0.1) is 5.75 Å². The highest BCUT2D eigenvalue weighted by molar-refractivity contribution is 7.89. The minimum Gasteiger partial charge on any atom is -0.212 e. The van der Waals surface area contributed by atoms with Crippen molar-refractivity contribution in [3.05, 3.63) is 0 Å². The molecule has 5 heteroatoms. The van der Waals surface area contributed by atoms with E-state index >= 15 is 0 Å². The first-order chi connectivity index (χ1) is 7.99. The number of halogens is 1. The molecule has 17 heavy (non-hydrogen) atoms.